The maximum absolute atomic E-state index is 12.8. The van der Waals surface area contributed by atoms with Crippen LogP contribution in [0.4, 0.5) is 8.78 Å². The molecule has 9 heavy (non-hydrogen) atoms. The number of hydrogen-bond donors (Lipinski definition) is 0. The van der Waals surface area contributed by atoms with Gasteiger partial charge in [0.25, 0.3) is 0 Å². The number of alkyl halides is 2. The molecular weight excluding hydrogens is 122 g/mol. The molecule has 4 fully saturated rings. The third-order valence-electron chi connectivity index (χ3n) is 3.39. The average molecular weight is 130 g/mol. The Labute approximate surface area is 52.2 Å². The van der Waals surface area contributed by atoms with Gasteiger partial charge in [0.1, 0.15) is 12.3 Å². The number of rotatable bonds is 0. The molecule has 4 aliphatic rings. The van der Waals surface area contributed by atoms with Crippen molar-refractivity contribution in [3.63, 3.8) is 0 Å². The minimum Gasteiger partial charge on any atom is -0.247 e. The van der Waals surface area contributed by atoms with E-state index in [0.29, 0.717) is 5.92 Å². The van der Waals surface area contributed by atoms with E-state index in [0.717, 1.165) is 6.42 Å². The molecule has 0 aromatic heterocycles. The van der Waals surface area contributed by atoms with Gasteiger partial charge in [-0.05, 0) is 24.2 Å². The molecule has 0 N–H and O–H groups in total. The van der Waals surface area contributed by atoms with Gasteiger partial charge in [0.15, 0.2) is 0 Å². The van der Waals surface area contributed by atoms with Crippen LogP contribution in [0.1, 0.15) is 6.42 Å². The van der Waals surface area contributed by atoms with E-state index in [4.69, 9.17) is 0 Å². The standard InChI is InChI=1S/C7H8F2/c8-6-3-1-2-4(6)5(2)7(3)9/h2-7H,1H2/t2?,3?,4?,5?,6-,7+. The smallest absolute Gasteiger partial charge is 0.109 e. The summed E-state index contributed by atoms with van der Waals surface area (Å²) in [4.78, 5) is 0. The predicted molar refractivity (Wildman–Crippen MR) is 28.4 cm³/mol. The fourth-order valence-electron chi connectivity index (χ4n) is 2.96. The van der Waals surface area contributed by atoms with Crippen molar-refractivity contribution in [3.05, 3.63) is 0 Å². The molecule has 0 aromatic carbocycles. The van der Waals surface area contributed by atoms with Crippen LogP contribution in [-0.2, 0) is 0 Å². The van der Waals surface area contributed by atoms with E-state index in [1.54, 1.807) is 0 Å². The summed E-state index contributed by atoms with van der Waals surface area (Å²) in [6, 6.07) is 0. The molecule has 0 amide bonds. The Balaban J connectivity index is 2.07. The first-order chi connectivity index (χ1) is 4.30. The van der Waals surface area contributed by atoms with Gasteiger partial charge in [0.2, 0.25) is 0 Å². The Hall–Kier alpha value is -0.140. The average Bonchev–Trinajstić information content (AvgIpc) is 2.18. The second kappa shape index (κ2) is 1.04. The lowest BCUT2D eigenvalue weighted by Gasteiger charge is -2.05. The molecule has 0 aromatic rings. The molecule has 2 heteroatoms. The lowest BCUT2D eigenvalue weighted by molar-refractivity contribution is 0.201. The fraction of sp³-hybridized carbons (Fsp3) is 1.00. The molecule has 4 aliphatic carbocycles. The Morgan fingerprint density at radius 1 is 0.889 bits per heavy atom. The van der Waals surface area contributed by atoms with Crippen LogP contribution in [0, 0.1) is 23.7 Å². The van der Waals surface area contributed by atoms with E-state index >= 15 is 0 Å². The van der Waals surface area contributed by atoms with E-state index in [-0.39, 0.29) is 17.8 Å². The van der Waals surface area contributed by atoms with Crippen LogP contribution in [0.15, 0.2) is 0 Å². The summed E-state index contributed by atoms with van der Waals surface area (Å²) in [5, 5.41) is 0. The molecule has 0 nitrogen and oxygen atoms in total. The third kappa shape index (κ3) is 0.303. The van der Waals surface area contributed by atoms with Crippen LogP contribution in [-0.4, -0.2) is 12.3 Å². The highest BCUT2D eigenvalue weighted by Gasteiger charge is 2.75. The lowest BCUT2D eigenvalue weighted by atomic mass is 10.1. The summed E-state index contributed by atoms with van der Waals surface area (Å²) in [5.74, 6) is 0.583. The maximum Gasteiger partial charge on any atom is 0.109 e. The van der Waals surface area contributed by atoms with Crippen LogP contribution >= 0.6 is 0 Å². The molecule has 0 heterocycles. The molecule has 0 aliphatic heterocycles. The zero-order chi connectivity index (χ0) is 6.17. The van der Waals surface area contributed by atoms with Crippen molar-refractivity contribution in [3.8, 4) is 0 Å². The quantitative estimate of drug-likeness (QED) is 0.466. The van der Waals surface area contributed by atoms with E-state index in [2.05, 4.69) is 0 Å². The SMILES string of the molecule is F[C@@H]1C2C3CC1[C@@H](F)C32. The second-order valence-electron chi connectivity index (χ2n) is 3.61. The third-order valence-corrected chi connectivity index (χ3v) is 3.39. The summed E-state index contributed by atoms with van der Waals surface area (Å²) in [6.45, 7) is 0. The van der Waals surface area contributed by atoms with Gasteiger partial charge >= 0.3 is 0 Å². The lowest BCUT2D eigenvalue weighted by Crippen LogP contribution is -2.12. The van der Waals surface area contributed by atoms with Crippen molar-refractivity contribution in [1.82, 2.24) is 0 Å². The van der Waals surface area contributed by atoms with Gasteiger partial charge in [-0.2, -0.15) is 0 Å². The summed E-state index contributed by atoms with van der Waals surface area (Å²) in [5.41, 5.74) is 0. The van der Waals surface area contributed by atoms with E-state index in [1.165, 1.54) is 0 Å². The molecule has 50 valence electrons. The molecular formula is C7H8F2. The van der Waals surface area contributed by atoms with Gasteiger partial charge < -0.3 is 0 Å². The van der Waals surface area contributed by atoms with E-state index in [1.807, 2.05) is 0 Å². The molecule has 6 atom stereocenters. The van der Waals surface area contributed by atoms with Gasteiger partial charge in [-0.3, -0.25) is 0 Å². The van der Waals surface area contributed by atoms with Crippen LogP contribution < -0.4 is 0 Å². The van der Waals surface area contributed by atoms with Gasteiger partial charge in [-0.1, -0.05) is 0 Å². The summed E-state index contributed by atoms with van der Waals surface area (Å²) in [7, 11) is 0. The van der Waals surface area contributed by atoms with Gasteiger partial charge in [0.05, 0.1) is 0 Å². The van der Waals surface area contributed by atoms with Crippen LogP contribution in [0.2, 0.25) is 0 Å². The summed E-state index contributed by atoms with van der Waals surface area (Å²) >= 11 is 0. The Morgan fingerprint density at radius 3 is 1.56 bits per heavy atom. The van der Waals surface area contributed by atoms with Crippen molar-refractivity contribution in [2.24, 2.45) is 23.7 Å². The van der Waals surface area contributed by atoms with Crippen molar-refractivity contribution < 1.29 is 8.78 Å². The summed E-state index contributed by atoms with van der Waals surface area (Å²) in [6.07, 6.45) is -0.692. The summed E-state index contributed by atoms with van der Waals surface area (Å²) < 4.78 is 25.6. The van der Waals surface area contributed by atoms with E-state index < -0.39 is 12.3 Å². The fourth-order valence-corrected chi connectivity index (χ4v) is 2.96. The van der Waals surface area contributed by atoms with Gasteiger partial charge in [-0.15, -0.1) is 0 Å². The highest BCUT2D eigenvalue weighted by atomic mass is 19.1. The Kier molecular flexibility index (Phi) is 0.536. The maximum atomic E-state index is 12.8. The minimum absolute atomic E-state index is 0.157. The second-order valence-corrected chi connectivity index (χ2v) is 3.61. The Bertz CT molecular complexity index is 148. The van der Waals surface area contributed by atoms with Crippen LogP contribution in [0.5, 0.6) is 0 Å². The van der Waals surface area contributed by atoms with Crippen LogP contribution in [0.25, 0.3) is 0 Å². The first-order valence-corrected chi connectivity index (χ1v) is 3.59. The normalized spacial score (nSPS) is 75.3. The molecule has 0 radical (unpaired) electrons. The zero-order valence-electron chi connectivity index (χ0n) is 4.93. The molecule has 0 saturated heterocycles. The van der Waals surface area contributed by atoms with Crippen molar-refractivity contribution >= 4 is 0 Å². The van der Waals surface area contributed by atoms with Gasteiger partial charge in [0, 0.05) is 5.92 Å². The van der Waals surface area contributed by atoms with Crippen molar-refractivity contribution in [1.29, 1.82) is 0 Å². The zero-order valence-corrected chi connectivity index (χ0v) is 4.93. The van der Waals surface area contributed by atoms with Crippen molar-refractivity contribution in [2.45, 2.75) is 18.8 Å². The van der Waals surface area contributed by atoms with E-state index in [9.17, 15) is 8.78 Å². The van der Waals surface area contributed by atoms with Gasteiger partial charge in [-0.25, -0.2) is 8.78 Å². The highest BCUT2D eigenvalue weighted by Crippen LogP contribution is 2.72. The Morgan fingerprint density at radius 2 is 1.44 bits per heavy atom. The highest BCUT2D eigenvalue weighted by molar-refractivity contribution is 5.21. The molecule has 4 rings (SSSR count). The predicted octanol–water partition coefficient (Wildman–Crippen LogP) is 1.56. The van der Waals surface area contributed by atoms with Crippen molar-refractivity contribution in [2.75, 3.05) is 0 Å². The molecule has 0 spiro atoms. The molecule has 4 unspecified atom stereocenters. The number of hydrogen-bond acceptors (Lipinski definition) is 0. The first kappa shape index (κ1) is 4.64. The minimum atomic E-state index is -0.769. The number of halogens is 2. The molecule has 4 saturated carbocycles. The largest absolute Gasteiger partial charge is 0.247 e. The molecule has 4 bridgehead atoms. The monoisotopic (exact) mass is 130 g/mol. The van der Waals surface area contributed by atoms with Crippen LogP contribution in [0.3, 0.4) is 0 Å². The first-order valence-electron chi connectivity index (χ1n) is 3.59. The topological polar surface area (TPSA) is 0 Å².